The Kier molecular flexibility index (Phi) is 4.31. The molecule has 0 spiro atoms. The van der Waals surface area contributed by atoms with Crippen LogP contribution in [-0.2, 0) is 20.1 Å². The molecule has 2 aromatic rings. The van der Waals surface area contributed by atoms with Gasteiger partial charge in [-0.05, 0) is 23.8 Å². The number of nitrogens with zero attached hydrogens (tertiary/aromatic N) is 3. The fraction of sp³-hybridized carbons (Fsp3) is 0.231. The van der Waals surface area contributed by atoms with Gasteiger partial charge in [0.1, 0.15) is 11.6 Å². The second-order valence-electron chi connectivity index (χ2n) is 4.39. The lowest BCUT2D eigenvalue weighted by atomic mass is 10.1. The number of oxime groups is 1. The minimum atomic E-state index is -0.428. The Balaban J connectivity index is 2.02. The third kappa shape index (κ3) is 3.33. The predicted molar refractivity (Wildman–Crippen MR) is 72.7 cm³/mol. The molecule has 0 saturated carbocycles. The zero-order chi connectivity index (χ0) is 14.5. The first-order chi connectivity index (χ1) is 9.60. The zero-order valence-electron chi connectivity index (χ0n) is 11.0. The summed E-state index contributed by atoms with van der Waals surface area (Å²) in [6, 6.07) is 4.29. The molecule has 6 nitrogen and oxygen atoms in total. The van der Waals surface area contributed by atoms with Crippen LogP contribution >= 0.6 is 0 Å². The Morgan fingerprint density at radius 1 is 1.45 bits per heavy atom. The van der Waals surface area contributed by atoms with Crippen LogP contribution in [0.5, 0.6) is 0 Å². The van der Waals surface area contributed by atoms with E-state index in [9.17, 15) is 4.39 Å². The van der Waals surface area contributed by atoms with Crippen LogP contribution < -0.4 is 11.1 Å². The molecular formula is C13H16FN5O. The number of aryl methyl sites for hydroxylation is 1. The molecule has 0 unspecified atom stereocenters. The van der Waals surface area contributed by atoms with Crippen LogP contribution in [-0.4, -0.2) is 20.6 Å². The molecule has 0 radical (unpaired) electrons. The summed E-state index contributed by atoms with van der Waals surface area (Å²) in [5.74, 6) is 0.343. The van der Waals surface area contributed by atoms with Crippen molar-refractivity contribution in [2.24, 2.45) is 17.9 Å². The summed E-state index contributed by atoms with van der Waals surface area (Å²) < 4.78 is 15.4. The number of hydrogen-bond donors (Lipinski definition) is 3. The number of benzene rings is 1. The van der Waals surface area contributed by atoms with Gasteiger partial charge in [-0.1, -0.05) is 5.16 Å². The van der Waals surface area contributed by atoms with Gasteiger partial charge in [0.2, 0.25) is 0 Å². The average molecular weight is 277 g/mol. The summed E-state index contributed by atoms with van der Waals surface area (Å²) in [6.07, 6.45) is 3.57. The number of nitrogens with one attached hydrogen (secondary N) is 1. The average Bonchev–Trinajstić information content (AvgIpc) is 2.83. The Hall–Kier alpha value is -2.41. The lowest BCUT2D eigenvalue weighted by Gasteiger charge is -2.07. The van der Waals surface area contributed by atoms with Crippen molar-refractivity contribution in [1.82, 2.24) is 14.9 Å². The molecule has 20 heavy (non-hydrogen) atoms. The van der Waals surface area contributed by atoms with Gasteiger partial charge in [-0.25, -0.2) is 9.37 Å². The minimum Gasteiger partial charge on any atom is -0.409 e. The van der Waals surface area contributed by atoms with Crippen LogP contribution in [0.4, 0.5) is 4.39 Å². The number of amidine groups is 1. The number of aromatic nitrogens is 2. The van der Waals surface area contributed by atoms with Crippen molar-refractivity contribution in [3.8, 4) is 0 Å². The molecule has 0 atom stereocenters. The number of halogens is 1. The van der Waals surface area contributed by atoms with Crippen molar-refractivity contribution in [3.63, 3.8) is 0 Å². The Morgan fingerprint density at radius 3 is 2.90 bits per heavy atom. The van der Waals surface area contributed by atoms with E-state index < -0.39 is 5.82 Å². The number of hydrogen-bond acceptors (Lipinski definition) is 4. The minimum absolute atomic E-state index is 0.116. The van der Waals surface area contributed by atoms with Gasteiger partial charge >= 0.3 is 0 Å². The van der Waals surface area contributed by atoms with Crippen LogP contribution in [0.25, 0.3) is 0 Å². The Morgan fingerprint density at radius 2 is 2.25 bits per heavy atom. The fourth-order valence-electron chi connectivity index (χ4n) is 1.84. The molecule has 2 rings (SSSR count). The molecule has 4 N–H and O–H groups in total. The highest BCUT2D eigenvalue weighted by atomic mass is 19.1. The summed E-state index contributed by atoms with van der Waals surface area (Å²) in [6.45, 7) is 1.02. The van der Waals surface area contributed by atoms with Crippen molar-refractivity contribution in [2.75, 3.05) is 0 Å². The molecule has 106 valence electrons. The standard InChI is InChI=1S/C13H16FN5O/c1-19-3-2-17-12(19)8-16-7-9-4-10(13(15)18-20)6-11(14)5-9/h2-6,16,20H,7-8H2,1H3,(H2,15,18). The molecule has 1 heterocycles. The second kappa shape index (κ2) is 6.16. The second-order valence-corrected chi connectivity index (χ2v) is 4.39. The van der Waals surface area contributed by atoms with Gasteiger partial charge < -0.3 is 20.8 Å². The molecule has 0 aliphatic carbocycles. The predicted octanol–water partition coefficient (Wildman–Crippen LogP) is 0.944. The molecule has 0 aliphatic rings. The molecule has 0 amide bonds. The fourth-order valence-corrected chi connectivity index (χ4v) is 1.84. The monoisotopic (exact) mass is 277 g/mol. The van der Waals surface area contributed by atoms with E-state index >= 15 is 0 Å². The first-order valence-corrected chi connectivity index (χ1v) is 6.04. The summed E-state index contributed by atoms with van der Waals surface area (Å²) in [5.41, 5.74) is 6.51. The molecule has 0 fully saturated rings. The highest BCUT2D eigenvalue weighted by Crippen LogP contribution is 2.09. The third-order valence-electron chi connectivity index (χ3n) is 2.89. The lowest BCUT2D eigenvalue weighted by molar-refractivity contribution is 0.318. The summed E-state index contributed by atoms with van der Waals surface area (Å²) in [4.78, 5) is 4.18. The van der Waals surface area contributed by atoms with Crippen LogP contribution in [0.15, 0.2) is 35.7 Å². The molecular weight excluding hydrogens is 261 g/mol. The number of imidazole rings is 1. The van der Waals surface area contributed by atoms with Crippen molar-refractivity contribution in [1.29, 1.82) is 0 Å². The smallest absolute Gasteiger partial charge is 0.170 e. The van der Waals surface area contributed by atoms with Gasteiger partial charge in [-0.3, -0.25) is 0 Å². The maximum Gasteiger partial charge on any atom is 0.170 e. The normalized spacial score (nSPS) is 11.8. The van der Waals surface area contributed by atoms with Gasteiger partial charge in [0.25, 0.3) is 0 Å². The first-order valence-electron chi connectivity index (χ1n) is 6.04. The van der Waals surface area contributed by atoms with Crippen molar-refractivity contribution < 1.29 is 9.60 Å². The quantitative estimate of drug-likeness (QED) is 0.328. The highest BCUT2D eigenvalue weighted by molar-refractivity contribution is 5.97. The lowest BCUT2D eigenvalue weighted by Crippen LogP contribution is -2.17. The van der Waals surface area contributed by atoms with Crippen LogP contribution in [0.2, 0.25) is 0 Å². The van der Waals surface area contributed by atoms with Crippen LogP contribution in [0.3, 0.4) is 0 Å². The number of rotatable bonds is 5. The molecule has 1 aromatic carbocycles. The molecule has 1 aromatic heterocycles. The van der Waals surface area contributed by atoms with Crippen molar-refractivity contribution in [2.45, 2.75) is 13.1 Å². The molecule has 7 heteroatoms. The third-order valence-corrected chi connectivity index (χ3v) is 2.89. The largest absolute Gasteiger partial charge is 0.409 e. The van der Waals surface area contributed by atoms with E-state index in [1.165, 1.54) is 12.1 Å². The van der Waals surface area contributed by atoms with E-state index in [4.69, 9.17) is 10.9 Å². The summed E-state index contributed by atoms with van der Waals surface area (Å²) in [5, 5.41) is 14.6. The van der Waals surface area contributed by atoms with Gasteiger partial charge in [0.15, 0.2) is 5.84 Å². The Bertz CT molecular complexity index is 623. The van der Waals surface area contributed by atoms with Crippen LogP contribution in [0.1, 0.15) is 17.0 Å². The summed E-state index contributed by atoms with van der Waals surface area (Å²) in [7, 11) is 1.91. The number of nitrogens with two attached hydrogens (primary N) is 1. The van der Waals surface area contributed by atoms with E-state index in [1.807, 2.05) is 17.8 Å². The van der Waals surface area contributed by atoms with E-state index in [2.05, 4.69) is 15.5 Å². The maximum absolute atomic E-state index is 13.5. The zero-order valence-corrected chi connectivity index (χ0v) is 11.0. The van der Waals surface area contributed by atoms with Crippen molar-refractivity contribution >= 4 is 5.84 Å². The van der Waals surface area contributed by atoms with Gasteiger partial charge in [0, 0.05) is 31.5 Å². The van der Waals surface area contributed by atoms with Gasteiger partial charge in [-0.15, -0.1) is 0 Å². The van der Waals surface area contributed by atoms with Crippen molar-refractivity contribution in [3.05, 3.63) is 53.4 Å². The maximum atomic E-state index is 13.5. The van der Waals surface area contributed by atoms with Gasteiger partial charge in [-0.2, -0.15) is 0 Å². The van der Waals surface area contributed by atoms with E-state index in [0.717, 1.165) is 5.82 Å². The topological polar surface area (TPSA) is 88.5 Å². The van der Waals surface area contributed by atoms with Gasteiger partial charge in [0.05, 0.1) is 6.54 Å². The van der Waals surface area contributed by atoms with E-state index in [1.54, 1.807) is 12.3 Å². The summed E-state index contributed by atoms with van der Waals surface area (Å²) >= 11 is 0. The van der Waals surface area contributed by atoms with Crippen LogP contribution in [0, 0.1) is 5.82 Å². The van der Waals surface area contributed by atoms with E-state index in [0.29, 0.717) is 24.2 Å². The molecule has 0 aliphatic heterocycles. The van der Waals surface area contributed by atoms with E-state index in [-0.39, 0.29) is 5.84 Å². The SMILES string of the molecule is Cn1ccnc1CNCc1cc(F)cc(/C(N)=N/O)c1. The first kappa shape index (κ1) is 14.0. The molecule has 0 bridgehead atoms. The molecule has 0 saturated heterocycles. The Labute approximate surface area is 115 Å². The highest BCUT2D eigenvalue weighted by Gasteiger charge is 2.05.